The minimum atomic E-state index is -0.348. The van der Waals surface area contributed by atoms with E-state index >= 15 is 0 Å². The van der Waals surface area contributed by atoms with E-state index in [1.54, 1.807) is 0 Å². The molecule has 0 heterocycles. The zero-order valence-corrected chi connectivity index (χ0v) is 11.3. The molecule has 2 N–H and O–H groups in total. The van der Waals surface area contributed by atoms with E-state index in [0.29, 0.717) is 5.92 Å². The fourth-order valence-electron chi connectivity index (χ4n) is 5.66. The average Bonchev–Trinajstić information content (AvgIpc) is 2.68. The summed E-state index contributed by atoms with van der Waals surface area (Å²) in [5.41, 5.74) is 0.139. The molecule has 0 aromatic carbocycles. The fraction of sp³-hybridized carbons (Fsp3) is 0.867. The lowest BCUT2D eigenvalue weighted by Crippen LogP contribution is -2.43. The van der Waals surface area contributed by atoms with Crippen LogP contribution in [0.15, 0.2) is 12.2 Å². The maximum atomic E-state index is 10.4. The molecule has 2 nitrogen and oxygen atoms in total. The summed E-state index contributed by atoms with van der Waals surface area (Å²) < 4.78 is 0. The molecule has 0 saturated heterocycles. The molecular formula is C15H24O2. The largest absolute Gasteiger partial charge is 0.393 e. The summed E-state index contributed by atoms with van der Waals surface area (Å²) in [5, 5.41) is 20.6. The van der Waals surface area contributed by atoms with E-state index < -0.39 is 0 Å². The monoisotopic (exact) mass is 236 g/mol. The van der Waals surface area contributed by atoms with Crippen LogP contribution in [-0.2, 0) is 0 Å². The molecule has 0 aromatic heterocycles. The first-order valence-electron chi connectivity index (χ1n) is 6.81. The first kappa shape index (κ1) is 11.7. The third-order valence-corrected chi connectivity index (χ3v) is 6.35. The standard InChI is InChI=1S/C15H24O2/c1-9-10(16)7-11-13(2,3)8-14(4)12(17)5-6-15(9,11)14/h5-6,9-12,16-17H,7-8H2,1-4H3. The molecule has 96 valence electrons. The second kappa shape index (κ2) is 2.97. The van der Waals surface area contributed by atoms with Crippen molar-refractivity contribution in [2.45, 2.75) is 52.7 Å². The number of allylic oxidation sites excluding steroid dienone is 1. The van der Waals surface area contributed by atoms with Crippen molar-refractivity contribution >= 4 is 0 Å². The molecule has 0 amide bonds. The highest BCUT2D eigenvalue weighted by Gasteiger charge is 2.72. The Bertz CT molecular complexity index is 386. The topological polar surface area (TPSA) is 40.5 Å². The van der Waals surface area contributed by atoms with Crippen molar-refractivity contribution < 1.29 is 10.2 Å². The third-order valence-electron chi connectivity index (χ3n) is 6.35. The summed E-state index contributed by atoms with van der Waals surface area (Å²) >= 11 is 0. The zero-order chi connectivity index (χ0) is 12.6. The molecule has 0 radical (unpaired) electrons. The highest BCUT2D eigenvalue weighted by atomic mass is 16.3. The summed E-state index contributed by atoms with van der Waals surface area (Å²) in [6.45, 7) is 8.98. The Labute approximate surface area is 104 Å². The molecule has 2 heteroatoms. The molecule has 0 bridgehead atoms. The van der Waals surface area contributed by atoms with Gasteiger partial charge in [0.15, 0.2) is 0 Å². The van der Waals surface area contributed by atoms with Crippen LogP contribution in [0, 0.1) is 28.1 Å². The van der Waals surface area contributed by atoms with Crippen LogP contribution in [0.3, 0.4) is 0 Å². The molecule has 1 spiro atoms. The maximum Gasteiger partial charge on any atom is 0.0783 e. The molecule has 3 rings (SSSR count). The van der Waals surface area contributed by atoms with Gasteiger partial charge in [-0.3, -0.25) is 0 Å². The summed E-state index contributed by atoms with van der Waals surface area (Å²) in [6.07, 6.45) is 5.58. The van der Waals surface area contributed by atoms with Gasteiger partial charge in [-0.15, -0.1) is 0 Å². The van der Waals surface area contributed by atoms with Crippen LogP contribution in [0.5, 0.6) is 0 Å². The average molecular weight is 236 g/mol. The van der Waals surface area contributed by atoms with Gasteiger partial charge in [0.1, 0.15) is 0 Å². The Morgan fingerprint density at radius 2 is 1.82 bits per heavy atom. The predicted octanol–water partition coefficient (Wildman–Crippen LogP) is 2.36. The van der Waals surface area contributed by atoms with E-state index in [1.165, 1.54) is 0 Å². The Hall–Kier alpha value is -0.340. The molecule has 3 aliphatic rings. The second-order valence-corrected chi connectivity index (χ2v) is 7.46. The number of aliphatic hydroxyl groups is 2. The van der Waals surface area contributed by atoms with Gasteiger partial charge in [-0.25, -0.2) is 0 Å². The van der Waals surface area contributed by atoms with Crippen molar-refractivity contribution in [1.29, 1.82) is 0 Å². The molecule has 2 saturated carbocycles. The van der Waals surface area contributed by atoms with Gasteiger partial charge in [0.05, 0.1) is 12.2 Å². The van der Waals surface area contributed by atoms with Crippen LogP contribution in [0.4, 0.5) is 0 Å². The first-order valence-corrected chi connectivity index (χ1v) is 6.81. The first-order chi connectivity index (χ1) is 7.76. The van der Waals surface area contributed by atoms with Crippen molar-refractivity contribution in [2.75, 3.05) is 0 Å². The lowest BCUT2D eigenvalue weighted by molar-refractivity contribution is -0.0192. The van der Waals surface area contributed by atoms with Crippen molar-refractivity contribution in [1.82, 2.24) is 0 Å². The molecule has 6 unspecified atom stereocenters. The predicted molar refractivity (Wildman–Crippen MR) is 67.4 cm³/mol. The van der Waals surface area contributed by atoms with E-state index in [4.69, 9.17) is 0 Å². The van der Waals surface area contributed by atoms with Crippen LogP contribution < -0.4 is 0 Å². The van der Waals surface area contributed by atoms with Gasteiger partial charge < -0.3 is 10.2 Å². The van der Waals surface area contributed by atoms with Gasteiger partial charge in [0, 0.05) is 10.8 Å². The van der Waals surface area contributed by atoms with Gasteiger partial charge in [-0.05, 0) is 30.1 Å². The van der Waals surface area contributed by atoms with Gasteiger partial charge in [0.25, 0.3) is 0 Å². The highest BCUT2D eigenvalue weighted by molar-refractivity contribution is 5.32. The van der Waals surface area contributed by atoms with E-state index in [1.807, 2.05) is 6.08 Å². The highest BCUT2D eigenvalue weighted by Crippen LogP contribution is 2.75. The number of hydrogen-bond donors (Lipinski definition) is 2. The lowest BCUT2D eigenvalue weighted by atomic mass is 9.61. The summed E-state index contributed by atoms with van der Waals surface area (Å²) in [5.74, 6) is 0.756. The molecule has 0 aromatic rings. The van der Waals surface area contributed by atoms with Crippen LogP contribution in [-0.4, -0.2) is 22.4 Å². The molecular weight excluding hydrogens is 212 g/mol. The van der Waals surface area contributed by atoms with Gasteiger partial charge in [-0.2, -0.15) is 0 Å². The molecule has 6 atom stereocenters. The minimum absolute atomic E-state index is 0.00926. The van der Waals surface area contributed by atoms with Gasteiger partial charge >= 0.3 is 0 Å². The van der Waals surface area contributed by atoms with Crippen molar-refractivity contribution in [3.8, 4) is 0 Å². The second-order valence-electron chi connectivity index (χ2n) is 7.46. The van der Waals surface area contributed by atoms with Gasteiger partial charge in [0.2, 0.25) is 0 Å². The third kappa shape index (κ3) is 1.05. The fourth-order valence-corrected chi connectivity index (χ4v) is 5.66. The Morgan fingerprint density at radius 1 is 1.18 bits per heavy atom. The van der Waals surface area contributed by atoms with Crippen molar-refractivity contribution in [3.05, 3.63) is 12.2 Å². The van der Waals surface area contributed by atoms with Crippen LogP contribution >= 0.6 is 0 Å². The van der Waals surface area contributed by atoms with Crippen molar-refractivity contribution in [3.63, 3.8) is 0 Å². The van der Waals surface area contributed by atoms with E-state index in [0.717, 1.165) is 12.8 Å². The molecule has 0 aliphatic heterocycles. The van der Waals surface area contributed by atoms with E-state index in [-0.39, 0.29) is 34.4 Å². The Kier molecular flexibility index (Phi) is 2.05. The van der Waals surface area contributed by atoms with Gasteiger partial charge in [-0.1, -0.05) is 39.8 Å². The molecule has 3 aliphatic carbocycles. The Balaban J connectivity index is 2.18. The smallest absolute Gasteiger partial charge is 0.0783 e. The summed E-state index contributed by atoms with van der Waals surface area (Å²) in [7, 11) is 0. The number of aliphatic hydroxyl groups excluding tert-OH is 2. The molecule has 2 fully saturated rings. The molecule has 17 heavy (non-hydrogen) atoms. The lowest BCUT2D eigenvalue weighted by Gasteiger charge is -2.43. The van der Waals surface area contributed by atoms with Crippen LogP contribution in [0.1, 0.15) is 40.5 Å². The number of hydrogen-bond acceptors (Lipinski definition) is 2. The Morgan fingerprint density at radius 3 is 2.47 bits per heavy atom. The van der Waals surface area contributed by atoms with E-state index in [9.17, 15) is 10.2 Å². The van der Waals surface area contributed by atoms with E-state index in [2.05, 4.69) is 33.8 Å². The SMILES string of the molecule is CC1C(O)CC2C(C)(C)CC3(C)C(O)C=CC123. The normalized spacial score (nSPS) is 59.4. The minimum Gasteiger partial charge on any atom is -0.393 e. The summed E-state index contributed by atoms with van der Waals surface area (Å²) in [6, 6.07) is 0. The maximum absolute atomic E-state index is 10.4. The zero-order valence-electron chi connectivity index (χ0n) is 11.3. The van der Waals surface area contributed by atoms with Crippen molar-refractivity contribution in [2.24, 2.45) is 28.1 Å². The quantitative estimate of drug-likeness (QED) is 0.634. The van der Waals surface area contributed by atoms with Crippen LogP contribution in [0.25, 0.3) is 0 Å². The summed E-state index contributed by atoms with van der Waals surface area (Å²) in [4.78, 5) is 0. The van der Waals surface area contributed by atoms with Crippen LogP contribution in [0.2, 0.25) is 0 Å². The number of rotatable bonds is 0.